The van der Waals surface area contributed by atoms with E-state index in [1.807, 2.05) is 30.3 Å². The molecule has 2 heterocycles. The van der Waals surface area contributed by atoms with Gasteiger partial charge in [-0.25, -0.2) is 17.5 Å². The van der Waals surface area contributed by atoms with Crippen molar-refractivity contribution in [2.75, 3.05) is 25.4 Å². The van der Waals surface area contributed by atoms with Gasteiger partial charge in [-0.05, 0) is 36.1 Å². The van der Waals surface area contributed by atoms with E-state index < -0.39 is 46.0 Å². The molecule has 4 N–H and O–H groups in total. The van der Waals surface area contributed by atoms with Crippen LogP contribution in [0.1, 0.15) is 24.5 Å². The Hall–Kier alpha value is -3.06. The summed E-state index contributed by atoms with van der Waals surface area (Å²) in [4.78, 5) is 26.9. The highest BCUT2D eigenvalue weighted by atomic mass is 32.2. The number of rotatable bonds is 10. The molecule has 2 fully saturated rings. The molecule has 2 aliphatic heterocycles. The number of carbonyl (C=O) groups excluding carboxylic acids is 2. The van der Waals surface area contributed by atoms with Gasteiger partial charge in [-0.1, -0.05) is 30.3 Å². The summed E-state index contributed by atoms with van der Waals surface area (Å²) < 4.78 is 45.7. The maximum atomic E-state index is 14.4. The van der Waals surface area contributed by atoms with Crippen LogP contribution in [0.25, 0.3) is 0 Å². The van der Waals surface area contributed by atoms with Gasteiger partial charge in [0.15, 0.2) is 0 Å². The summed E-state index contributed by atoms with van der Waals surface area (Å²) in [6, 6.07) is 11.3. The number of benzene rings is 2. The summed E-state index contributed by atoms with van der Waals surface area (Å²) >= 11 is 0. The third kappa shape index (κ3) is 7.50. The van der Waals surface area contributed by atoms with Crippen LogP contribution in [0.5, 0.6) is 5.75 Å². The highest BCUT2D eigenvalue weighted by Crippen LogP contribution is 2.21. The van der Waals surface area contributed by atoms with Gasteiger partial charge in [0.2, 0.25) is 21.8 Å². The molecular formula is C26H33FN4O6S. The number of hydrogen-bond acceptors (Lipinski definition) is 7. The summed E-state index contributed by atoms with van der Waals surface area (Å²) in [6.07, 6.45) is -0.856. The molecule has 206 valence electrons. The van der Waals surface area contributed by atoms with Crippen LogP contribution in [-0.4, -0.2) is 79.9 Å². The maximum Gasteiger partial charge on any atom is 0.242 e. The smallest absolute Gasteiger partial charge is 0.242 e. The van der Waals surface area contributed by atoms with Crippen molar-refractivity contribution in [3.8, 4) is 5.75 Å². The number of nitrogens with one attached hydrogen (secondary N) is 3. The SMILES string of the molecule is CC(=O)N[C@@H](Cc1cc(F)cc(OC[C@H]2CCS(=O)(=O)N2)c1)[C@H](O)[C@@H]1NCCN(Cc2ccccc2)C1=O. The first kappa shape index (κ1) is 28.0. The monoisotopic (exact) mass is 548 g/mol. The van der Waals surface area contributed by atoms with Crippen LogP contribution in [0.4, 0.5) is 4.39 Å². The van der Waals surface area contributed by atoms with Gasteiger partial charge in [-0.15, -0.1) is 0 Å². The minimum Gasteiger partial charge on any atom is -0.492 e. The zero-order valence-electron chi connectivity index (χ0n) is 21.1. The largest absolute Gasteiger partial charge is 0.492 e. The summed E-state index contributed by atoms with van der Waals surface area (Å²) in [5.41, 5.74) is 1.40. The summed E-state index contributed by atoms with van der Waals surface area (Å²) in [7, 11) is -3.30. The van der Waals surface area contributed by atoms with Gasteiger partial charge in [0.25, 0.3) is 0 Å². The Bertz CT molecular complexity index is 1250. The molecule has 4 rings (SSSR count). The number of hydrogen-bond donors (Lipinski definition) is 4. The molecule has 2 aromatic rings. The van der Waals surface area contributed by atoms with Crippen LogP contribution in [0.15, 0.2) is 48.5 Å². The van der Waals surface area contributed by atoms with Crippen LogP contribution in [0, 0.1) is 5.82 Å². The van der Waals surface area contributed by atoms with Gasteiger partial charge < -0.3 is 25.4 Å². The first-order chi connectivity index (χ1) is 18.1. The third-order valence-corrected chi connectivity index (χ3v) is 8.07. The number of amides is 2. The summed E-state index contributed by atoms with van der Waals surface area (Å²) in [5.74, 6) is -1.06. The Kier molecular flexibility index (Phi) is 8.98. The molecular weight excluding hydrogens is 515 g/mol. The fourth-order valence-electron chi connectivity index (χ4n) is 4.79. The summed E-state index contributed by atoms with van der Waals surface area (Å²) in [6.45, 7) is 2.69. The predicted octanol–water partition coefficient (Wildman–Crippen LogP) is 0.305. The molecule has 0 unspecified atom stereocenters. The average molecular weight is 549 g/mol. The second-order valence-corrected chi connectivity index (χ2v) is 11.6. The van der Waals surface area contributed by atoms with Crippen molar-refractivity contribution in [1.29, 1.82) is 0 Å². The lowest BCUT2D eigenvalue weighted by molar-refractivity contribution is -0.141. The second kappa shape index (κ2) is 12.2. The highest BCUT2D eigenvalue weighted by Gasteiger charge is 2.38. The van der Waals surface area contributed by atoms with Crippen molar-refractivity contribution < 1.29 is 32.2 Å². The quantitative estimate of drug-likeness (QED) is 0.335. The number of aliphatic hydroxyl groups is 1. The molecule has 2 aromatic carbocycles. The lowest BCUT2D eigenvalue weighted by Crippen LogP contribution is -2.63. The van der Waals surface area contributed by atoms with E-state index in [9.17, 15) is 27.5 Å². The number of aliphatic hydroxyl groups excluding tert-OH is 1. The molecule has 0 bridgehead atoms. The Morgan fingerprint density at radius 2 is 2.00 bits per heavy atom. The molecule has 38 heavy (non-hydrogen) atoms. The van der Waals surface area contributed by atoms with Gasteiger partial charge in [-0.2, -0.15) is 0 Å². The predicted molar refractivity (Wildman–Crippen MR) is 138 cm³/mol. The van der Waals surface area contributed by atoms with Gasteiger partial charge in [0.1, 0.15) is 24.2 Å². The Morgan fingerprint density at radius 3 is 2.68 bits per heavy atom. The van der Waals surface area contributed by atoms with Gasteiger partial charge in [-0.3, -0.25) is 9.59 Å². The first-order valence-electron chi connectivity index (χ1n) is 12.5. The molecule has 10 nitrogen and oxygen atoms in total. The van der Waals surface area contributed by atoms with Crippen molar-refractivity contribution in [3.05, 3.63) is 65.5 Å². The second-order valence-electron chi connectivity index (χ2n) is 9.71. The normalized spacial score (nSPS) is 22.6. The minimum absolute atomic E-state index is 0.0163. The molecule has 2 amide bonds. The highest BCUT2D eigenvalue weighted by molar-refractivity contribution is 7.89. The molecule has 4 atom stereocenters. The third-order valence-electron chi connectivity index (χ3n) is 6.60. The number of nitrogens with zero attached hydrogens (tertiary/aromatic N) is 1. The topological polar surface area (TPSA) is 137 Å². The van der Waals surface area contributed by atoms with Crippen molar-refractivity contribution >= 4 is 21.8 Å². The maximum absolute atomic E-state index is 14.4. The van der Waals surface area contributed by atoms with E-state index in [1.165, 1.54) is 19.1 Å². The molecule has 0 aromatic heterocycles. The van der Waals surface area contributed by atoms with Crippen molar-refractivity contribution in [2.24, 2.45) is 0 Å². The van der Waals surface area contributed by atoms with E-state index >= 15 is 0 Å². The summed E-state index contributed by atoms with van der Waals surface area (Å²) in [5, 5.41) is 17.0. The van der Waals surface area contributed by atoms with E-state index in [1.54, 1.807) is 11.0 Å². The van der Waals surface area contributed by atoms with Crippen LogP contribution in [-0.2, 0) is 32.6 Å². The molecule has 0 spiro atoms. The lowest BCUT2D eigenvalue weighted by atomic mass is 9.94. The van der Waals surface area contributed by atoms with E-state index in [2.05, 4.69) is 15.4 Å². The number of ether oxygens (including phenoxy) is 1. The Morgan fingerprint density at radius 1 is 1.24 bits per heavy atom. The molecule has 0 radical (unpaired) electrons. The Labute approximate surface area is 221 Å². The number of sulfonamides is 1. The van der Waals surface area contributed by atoms with Gasteiger partial charge >= 0.3 is 0 Å². The molecule has 2 aliphatic rings. The van der Waals surface area contributed by atoms with Crippen LogP contribution in [0.2, 0.25) is 0 Å². The molecule has 0 aliphatic carbocycles. The lowest BCUT2D eigenvalue weighted by Gasteiger charge is -2.38. The average Bonchev–Trinajstić information content (AvgIpc) is 3.22. The van der Waals surface area contributed by atoms with Crippen molar-refractivity contribution in [2.45, 2.75) is 50.5 Å². The van der Waals surface area contributed by atoms with Crippen LogP contribution >= 0.6 is 0 Å². The van der Waals surface area contributed by atoms with E-state index in [0.29, 0.717) is 31.6 Å². The number of halogens is 1. The van der Waals surface area contributed by atoms with E-state index in [-0.39, 0.29) is 30.4 Å². The van der Waals surface area contributed by atoms with E-state index in [0.717, 1.165) is 5.56 Å². The van der Waals surface area contributed by atoms with Gasteiger partial charge in [0, 0.05) is 32.6 Å². The van der Waals surface area contributed by atoms with Crippen molar-refractivity contribution in [3.63, 3.8) is 0 Å². The van der Waals surface area contributed by atoms with Gasteiger partial charge in [0.05, 0.1) is 23.9 Å². The molecule has 12 heteroatoms. The van der Waals surface area contributed by atoms with Crippen LogP contribution in [0.3, 0.4) is 0 Å². The fraction of sp³-hybridized carbons (Fsp3) is 0.462. The molecule has 2 saturated heterocycles. The van der Waals surface area contributed by atoms with E-state index in [4.69, 9.17) is 4.74 Å². The number of piperazine rings is 1. The van der Waals surface area contributed by atoms with Crippen LogP contribution < -0.4 is 20.1 Å². The first-order valence-corrected chi connectivity index (χ1v) is 14.2. The Balaban J connectivity index is 1.45. The van der Waals surface area contributed by atoms with Crippen molar-refractivity contribution in [1.82, 2.24) is 20.3 Å². The minimum atomic E-state index is -3.30. The fourth-order valence-corrected chi connectivity index (χ4v) is 6.19. The zero-order chi connectivity index (χ0) is 27.3. The molecule has 0 saturated carbocycles. The number of carbonyl (C=O) groups is 2. The zero-order valence-corrected chi connectivity index (χ0v) is 21.9. The standard InChI is InChI=1S/C26H33FN4O6S/c1-17(32)29-23(25(33)24-26(34)31(9-8-28-24)15-18-5-3-2-4-6-18)13-19-11-20(27)14-22(12-19)37-16-21-7-10-38(35,36)30-21/h2-6,11-12,14,21,23-25,28,30,33H,7-10,13,15-16H2,1H3,(H,29,32)/t21-,23+,24+,25+/m1/s1.